The van der Waals surface area contributed by atoms with Crippen molar-refractivity contribution in [1.29, 1.82) is 0 Å². The lowest BCUT2D eigenvalue weighted by Gasteiger charge is -2.47. The van der Waals surface area contributed by atoms with E-state index < -0.39 is 115 Å². The first-order valence-corrected chi connectivity index (χ1v) is 25.6. The number of ether oxygens (including phenoxy) is 3. The number of benzene rings is 2. The molecule has 0 radical (unpaired) electrons. The number of piperazine rings is 1. The van der Waals surface area contributed by atoms with E-state index in [1.165, 1.54) is 0 Å². The van der Waals surface area contributed by atoms with Crippen molar-refractivity contribution < 1.29 is 69.2 Å². The van der Waals surface area contributed by atoms with Gasteiger partial charge < -0.3 is 40.6 Å². The Morgan fingerprint density at radius 2 is 1.53 bits per heavy atom. The third kappa shape index (κ3) is 16.2. The molecule has 3 aromatic rings. The fourth-order valence-electron chi connectivity index (χ4n) is 9.61. The fraction of sp³-hybridized carbons (Fsp3) is 0.527. The number of carbonyl (C=O) groups is 4. The van der Waals surface area contributed by atoms with E-state index >= 15 is 8.78 Å². The number of carbonyl (C=O) groups excluding carboxylic acids is 4. The van der Waals surface area contributed by atoms with Gasteiger partial charge in [-0.25, -0.2) is 32.3 Å². The van der Waals surface area contributed by atoms with Gasteiger partial charge in [0.1, 0.15) is 23.5 Å². The lowest BCUT2D eigenvalue weighted by molar-refractivity contribution is -0.220. The Hall–Kier alpha value is -6.81. The van der Waals surface area contributed by atoms with Crippen LogP contribution in [0, 0.1) is 40.2 Å². The van der Waals surface area contributed by atoms with Crippen molar-refractivity contribution in [2.45, 2.75) is 116 Å². The van der Waals surface area contributed by atoms with Crippen molar-refractivity contribution in [3.05, 3.63) is 100 Å². The molecule has 79 heavy (non-hydrogen) atoms. The Morgan fingerprint density at radius 3 is 2.06 bits per heavy atom. The van der Waals surface area contributed by atoms with Crippen molar-refractivity contribution in [3.63, 3.8) is 0 Å². The second kappa shape index (κ2) is 26.4. The van der Waals surface area contributed by atoms with Gasteiger partial charge in [-0.2, -0.15) is 13.2 Å². The van der Waals surface area contributed by atoms with Gasteiger partial charge in [0.2, 0.25) is 11.8 Å². The van der Waals surface area contributed by atoms with Gasteiger partial charge in [-0.15, -0.1) is 0 Å². The van der Waals surface area contributed by atoms with E-state index in [1.807, 2.05) is 17.4 Å². The third-order valence-corrected chi connectivity index (χ3v) is 14.4. The average molecular weight is 1120 g/mol. The van der Waals surface area contributed by atoms with Gasteiger partial charge in [0, 0.05) is 78.6 Å². The van der Waals surface area contributed by atoms with Crippen molar-refractivity contribution in [1.82, 2.24) is 31.0 Å². The zero-order valence-corrected chi connectivity index (χ0v) is 45.0. The van der Waals surface area contributed by atoms with Crippen LogP contribution in [0.5, 0.6) is 0 Å². The first-order chi connectivity index (χ1) is 37.2. The Morgan fingerprint density at radius 1 is 0.911 bits per heavy atom. The standard InChI is InChI=1S/C55H68F7N9O8/c1-53(2,3)40(23-48(73)77-6)50(74)68-70(28-39-41(56)21-35(22-42(39)57)43(63)18-19-64-25-46(58)59)29-45(72)44(66-51(75)49(67-52(76)78-7)54(4,5)55(60,61)62)20-33-11-8-32(9-12-33)10-13-34-14-17-47(65-24-34)69-26-36-15-16-37(27-69)71(36)38-30-79-31-38/h8-9,11-12,14,17-19,21-22,24,36-38,40,44-46,49,72H,15-16,20,23,25-31,63H2,1-7H3,(H,66,75)(H,67,76)(H,68,74)/t36?,37?,40-,44+,45+,49-/m1/s1. The minimum Gasteiger partial charge on any atom is -0.469 e. The predicted molar refractivity (Wildman–Crippen MR) is 279 cm³/mol. The second-order valence-electron chi connectivity index (χ2n) is 21.5. The summed E-state index contributed by atoms with van der Waals surface area (Å²) in [6.45, 7) is 7.11. The van der Waals surface area contributed by atoms with Gasteiger partial charge >= 0.3 is 18.2 Å². The largest absolute Gasteiger partial charge is 0.469 e. The molecule has 6 N–H and O–H groups in total. The Kier molecular flexibility index (Phi) is 20.5. The average Bonchev–Trinajstić information content (AvgIpc) is 3.95. The number of aromatic nitrogens is 1. The first-order valence-electron chi connectivity index (χ1n) is 25.6. The number of nitrogens with zero attached hydrogens (tertiary/aromatic N) is 5. The molecule has 2 aromatic carbocycles. The number of esters is 1. The van der Waals surface area contributed by atoms with E-state index in [9.17, 15) is 46.2 Å². The van der Waals surface area contributed by atoms with E-state index in [2.05, 4.69) is 42.1 Å². The quantitative estimate of drug-likeness (QED) is 0.0277. The fourth-order valence-corrected chi connectivity index (χ4v) is 9.61. The summed E-state index contributed by atoms with van der Waals surface area (Å²) in [6, 6.07) is 9.43. The van der Waals surface area contributed by atoms with Crippen molar-refractivity contribution in [2.24, 2.45) is 27.5 Å². The number of hydrogen-bond donors (Lipinski definition) is 5. The number of allylic oxidation sites excluding steroid dienone is 1. The molecular weight excluding hydrogens is 1050 g/mol. The molecule has 1 aromatic heterocycles. The maximum atomic E-state index is 16.0. The molecule has 0 spiro atoms. The Labute approximate surface area is 454 Å². The highest BCUT2D eigenvalue weighted by atomic mass is 19.4. The number of anilines is 1. The monoisotopic (exact) mass is 1120 g/mol. The molecule has 6 atom stereocenters. The summed E-state index contributed by atoms with van der Waals surface area (Å²) in [7, 11) is 2.00. The van der Waals surface area contributed by atoms with Crippen molar-refractivity contribution in [3.8, 4) is 11.8 Å². The number of alkyl halides is 5. The van der Waals surface area contributed by atoms with Gasteiger partial charge in [-0.1, -0.05) is 44.7 Å². The SMILES string of the molecule is COC(=O)C[C@H](C(=O)NN(Cc1c(F)cc(C(N)=CC=NCC(F)F)cc1F)C[C@H](O)[C@H](Cc1ccc(C#Cc2ccc(N3CC4CCC(C3)N4C3COC3)nc2)cc1)NC(=O)[C@@H](NC(=O)OC)C(C)(C)C(F)(F)F)C(C)(C)C. The second-order valence-corrected chi connectivity index (χ2v) is 21.5. The summed E-state index contributed by atoms with van der Waals surface area (Å²) in [5, 5.41) is 17.4. The minimum atomic E-state index is -5.08. The maximum Gasteiger partial charge on any atom is 0.407 e. The topological polar surface area (TPSA) is 213 Å². The molecule has 24 heteroatoms. The highest BCUT2D eigenvalue weighted by Gasteiger charge is 2.56. The third-order valence-electron chi connectivity index (χ3n) is 14.4. The van der Waals surface area contributed by atoms with Crippen LogP contribution in [0.1, 0.15) is 81.7 Å². The summed E-state index contributed by atoms with van der Waals surface area (Å²) >= 11 is 0. The molecule has 17 nitrogen and oxygen atoms in total. The van der Waals surface area contributed by atoms with Crippen LogP contribution in [0.25, 0.3) is 5.70 Å². The van der Waals surface area contributed by atoms with E-state index in [0.717, 1.165) is 88.6 Å². The molecule has 0 aliphatic carbocycles. The van der Waals surface area contributed by atoms with Crippen LogP contribution in [-0.2, 0) is 41.6 Å². The molecule has 3 aliphatic heterocycles. The van der Waals surface area contributed by atoms with Crippen LogP contribution in [0.3, 0.4) is 0 Å². The highest BCUT2D eigenvalue weighted by Crippen LogP contribution is 2.41. The number of alkyl carbamates (subject to hydrolysis) is 1. The van der Waals surface area contributed by atoms with Gasteiger partial charge in [0.05, 0.1) is 69.9 Å². The number of halogens is 7. The number of fused-ring (bicyclic) bond motifs is 2. The van der Waals surface area contributed by atoms with Crippen molar-refractivity contribution in [2.75, 3.05) is 58.5 Å². The lowest BCUT2D eigenvalue weighted by Crippen LogP contribution is -2.62. The van der Waals surface area contributed by atoms with E-state index in [4.69, 9.17) is 20.2 Å². The molecule has 0 saturated carbocycles. The number of hydrogen-bond acceptors (Lipinski definition) is 14. The normalized spacial score (nSPS) is 18.8. The summed E-state index contributed by atoms with van der Waals surface area (Å²) in [6.07, 6.45) is -5.91. The van der Waals surface area contributed by atoms with Gasteiger partial charge in [0.25, 0.3) is 6.43 Å². The zero-order chi connectivity index (χ0) is 58.0. The number of nitrogens with two attached hydrogens (primary N) is 1. The van der Waals surface area contributed by atoms with Crippen LogP contribution < -0.4 is 26.7 Å². The van der Waals surface area contributed by atoms with E-state index in [1.54, 1.807) is 51.2 Å². The number of methoxy groups -OCH3 is 2. The van der Waals surface area contributed by atoms with Crippen LogP contribution in [0.4, 0.5) is 41.3 Å². The molecule has 2 unspecified atom stereocenters. The van der Waals surface area contributed by atoms with E-state index in [0.29, 0.717) is 48.7 Å². The van der Waals surface area contributed by atoms with Crippen molar-refractivity contribution >= 4 is 41.6 Å². The molecule has 4 heterocycles. The lowest BCUT2D eigenvalue weighted by atomic mass is 9.78. The number of aliphatic imine (C=N–C) groups is 1. The molecule has 3 saturated heterocycles. The molecule has 3 amide bonds. The summed E-state index contributed by atoms with van der Waals surface area (Å²) in [5.41, 5.74) is 5.07. The first kappa shape index (κ1) is 61.4. The molecular formula is C55H68F7N9O8. The number of hydrazine groups is 1. The minimum absolute atomic E-state index is 0.210. The van der Waals surface area contributed by atoms with E-state index in [-0.39, 0.29) is 17.7 Å². The number of aliphatic hydroxyl groups is 1. The smallest absolute Gasteiger partial charge is 0.407 e. The zero-order valence-electron chi connectivity index (χ0n) is 45.0. The maximum absolute atomic E-state index is 16.0. The van der Waals surface area contributed by atoms with Gasteiger partial charge in [0.15, 0.2) is 0 Å². The van der Waals surface area contributed by atoms with Crippen LogP contribution >= 0.6 is 0 Å². The number of amides is 3. The number of rotatable bonds is 21. The molecule has 6 rings (SSSR count). The van der Waals surface area contributed by atoms with Gasteiger partial charge in [-0.3, -0.25) is 29.7 Å². The predicted octanol–water partition coefficient (Wildman–Crippen LogP) is 5.91. The van der Waals surface area contributed by atoms with Crippen LogP contribution in [0.15, 0.2) is 65.8 Å². The van der Waals surface area contributed by atoms with Gasteiger partial charge in [-0.05, 0) is 86.6 Å². The number of nitrogens with one attached hydrogen (secondary N) is 3. The van der Waals surface area contributed by atoms with Crippen LogP contribution in [-0.4, -0.2) is 153 Å². The molecule has 3 aliphatic rings. The Balaban J connectivity index is 1.28. The number of aliphatic hydroxyl groups excluding tert-OH is 1. The summed E-state index contributed by atoms with van der Waals surface area (Å²) in [5.74, 6) is 0.418. The summed E-state index contributed by atoms with van der Waals surface area (Å²) < 4.78 is 116. The summed E-state index contributed by atoms with van der Waals surface area (Å²) in [4.78, 5) is 66.3. The number of pyridine rings is 1. The molecule has 3 fully saturated rings. The molecule has 2 bridgehead atoms. The van der Waals surface area contributed by atoms with Crippen LogP contribution in [0.2, 0.25) is 0 Å². The highest BCUT2D eigenvalue weighted by molar-refractivity contribution is 5.87. The Bertz CT molecular complexity index is 2710. The molecule has 430 valence electrons.